The van der Waals surface area contributed by atoms with E-state index in [0.717, 1.165) is 16.9 Å². The molecule has 15 heavy (non-hydrogen) atoms. The third kappa shape index (κ3) is 2.80. The fourth-order valence-electron chi connectivity index (χ4n) is 1.29. The van der Waals surface area contributed by atoms with E-state index in [4.69, 9.17) is 5.26 Å². The van der Waals surface area contributed by atoms with Crippen LogP contribution in [0.3, 0.4) is 0 Å². The van der Waals surface area contributed by atoms with Gasteiger partial charge in [-0.05, 0) is 23.4 Å². The fraction of sp³-hybridized carbons (Fsp3) is 0.455. The van der Waals surface area contributed by atoms with Crippen molar-refractivity contribution in [3.05, 3.63) is 21.9 Å². The van der Waals surface area contributed by atoms with Crippen molar-refractivity contribution in [1.29, 1.82) is 5.26 Å². The molecule has 0 spiro atoms. The number of rotatable bonds is 4. The van der Waals surface area contributed by atoms with Gasteiger partial charge in [-0.3, -0.25) is 4.79 Å². The van der Waals surface area contributed by atoms with Crippen LogP contribution in [0.5, 0.6) is 0 Å². The Morgan fingerprint density at radius 1 is 1.67 bits per heavy atom. The van der Waals surface area contributed by atoms with Crippen molar-refractivity contribution in [3.8, 4) is 6.07 Å². The molecule has 0 aliphatic heterocycles. The van der Waals surface area contributed by atoms with Crippen LogP contribution in [0.2, 0.25) is 0 Å². The minimum atomic E-state index is 0.0251. The lowest BCUT2D eigenvalue weighted by molar-refractivity contribution is 0.0802. The van der Waals surface area contributed by atoms with E-state index in [1.54, 1.807) is 11.9 Å². The third-order valence-corrected chi connectivity index (χ3v) is 3.17. The number of nitrogens with zero attached hydrogens (tertiary/aromatic N) is 2. The van der Waals surface area contributed by atoms with E-state index >= 15 is 0 Å². The first-order chi connectivity index (χ1) is 7.20. The summed E-state index contributed by atoms with van der Waals surface area (Å²) in [5.41, 5.74) is 1.09. The van der Waals surface area contributed by atoms with E-state index in [1.165, 1.54) is 11.3 Å². The second kappa shape index (κ2) is 5.52. The molecular weight excluding hydrogens is 208 g/mol. The van der Waals surface area contributed by atoms with Gasteiger partial charge >= 0.3 is 0 Å². The second-order valence-electron chi connectivity index (χ2n) is 3.26. The zero-order valence-corrected chi connectivity index (χ0v) is 9.80. The minimum Gasteiger partial charge on any atom is -0.340 e. The highest BCUT2D eigenvalue weighted by atomic mass is 32.1. The van der Waals surface area contributed by atoms with Crippen molar-refractivity contribution < 1.29 is 4.79 Å². The second-order valence-corrected chi connectivity index (χ2v) is 4.18. The van der Waals surface area contributed by atoms with Crippen molar-refractivity contribution in [1.82, 2.24) is 4.90 Å². The quantitative estimate of drug-likeness (QED) is 0.784. The Kier molecular flexibility index (Phi) is 4.32. The van der Waals surface area contributed by atoms with Gasteiger partial charge in [0.25, 0.3) is 5.91 Å². The maximum Gasteiger partial charge on any atom is 0.263 e. The molecule has 0 N–H and O–H groups in total. The third-order valence-electron chi connectivity index (χ3n) is 2.23. The average molecular weight is 222 g/mol. The Hall–Kier alpha value is -1.34. The molecule has 1 rings (SSSR count). The minimum absolute atomic E-state index is 0.0251. The summed E-state index contributed by atoms with van der Waals surface area (Å²) in [6, 6.07) is 4.02. The number of amides is 1. The lowest BCUT2D eigenvalue weighted by Crippen LogP contribution is -2.27. The van der Waals surface area contributed by atoms with Crippen LogP contribution in [0.4, 0.5) is 0 Å². The van der Waals surface area contributed by atoms with E-state index in [1.807, 2.05) is 24.4 Å². The predicted octanol–water partition coefficient (Wildman–Crippen LogP) is 2.30. The first kappa shape index (κ1) is 11.7. The number of thiophene rings is 1. The van der Waals surface area contributed by atoms with Gasteiger partial charge in [-0.2, -0.15) is 5.26 Å². The number of nitriles is 1. The maximum absolute atomic E-state index is 11.9. The molecule has 0 aliphatic rings. The topological polar surface area (TPSA) is 44.1 Å². The van der Waals surface area contributed by atoms with Crippen molar-refractivity contribution in [2.24, 2.45) is 0 Å². The molecule has 0 unspecified atom stereocenters. The zero-order valence-electron chi connectivity index (χ0n) is 8.99. The zero-order chi connectivity index (χ0) is 11.3. The molecule has 0 aromatic carbocycles. The van der Waals surface area contributed by atoms with Crippen LogP contribution in [0, 0.1) is 11.3 Å². The van der Waals surface area contributed by atoms with Crippen molar-refractivity contribution >= 4 is 17.2 Å². The Balaban J connectivity index is 2.72. The molecule has 4 heteroatoms. The number of hydrogen-bond donors (Lipinski definition) is 0. The lowest BCUT2D eigenvalue weighted by Gasteiger charge is -2.15. The summed E-state index contributed by atoms with van der Waals surface area (Å²) in [6.07, 6.45) is 1.26. The molecule has 0 aliphatic carbocycles. The average Bonchev–Trinajstić information content (AvgIpc) is 2.72. The summed E-state index contributed by atoms with van der Waals surface area (Å²) < 4.78 is 0. The number of hydrogen-bond acceptors (Lipinski definition) is 3. The summed E-state index contributed by atoms with van der Waals surface area (Å²) >= 11 is 1.47. The van der Waals surface area contributed by atoms with Crippen LogP contribution in [-0.2, 0) is 6.42 Å². The SMILES string of the molecule is CCc1ccsc1C(=O)N(C)CCC#N. The van der Waals surface area contributed by atoms with E-state index in [0.29, 0.717) is 13.0 Å². The molecule has 0 radical (unpaired) electrons. The lowest BCUT2D eigenvalue weighted by atomic mass is 10.2. The Bertz CT molecular complexity index is 378. The first-order valence-corrected chi connectivity index (χ1v) is 5.77. The number of carbonyl (C=O) groups excluding carboxylic acids is 1. The van der Waals surface area contributed by atoms with Crippen molar-refractivity contribution in [2.45, 2.75) is 19.8 Å². The molecule has 0 atom stereocenters. The van der Waals surface area contributed by atoms with Crippen LogP contribution < -0.4 is 0 Å². The van der Waals surface area contributed by atoms with Crippen LogP contribution in [0.15, 0.2) is 11.4 Å². The first-order valence-electron chi connectivity index (χ1n) is 4.89. The van der Waals surface area contributed by atoms with Crippen LogP contribution in [-0.4, -0.2) is 24.4 Å². The normalized spacial score (nSPS) is 9.67. The summed E-state index contributed by atoms with van der Waals surface area (Å²) in [4.78, 5) is 14.3. The molecule has 0 fully saturated rings. The summed E-state index contributed by atoms with van der Waals surface area (Å²) in [5.74, 6) is 0.0251. The molecule has 0 saturated heterocycles. The molecule has 1 heterocycles. The van der Waals surface area contributed by atoms with Gasteiger partial charge in [0, 0.05) is 13.6 Å². The molecule has 80 valence electrons. The van der Waals surface area contributed by atoms with Crippen LogP contribution >= 0.6 is 11.3 Å². The van der Waals surface area contributed by atoms with Gasteiger partial charge in [0.15, 0.2) is 0 Å². The van der Waals surface area contributed by atoms with Crippen molar-refractivity contribution in [2.75, 3.05) is 13.6 Å². The van der Waals surface area contributed by atoms with Gasteiger partial charge in [-0.1, -0.05) is 6.92 Å². The standard InChI is InChI=1S/C11H14N2OS/c1-3-9-5-8-15-10(9)11(14)13(2)7-4-6-12/h5,8H,3-4,7H2,1-2H3. The van der Waals surface area contributed by atoms with Gasteiger partial charge in [-0.25, -0.2) is 0 Å². The molecule has 0 saturated carbocycles. The highest BCUT2D eigenvalue weighted by molar-refractivity contribution is 7.12. The summed E-state index contributed by atoms with van der Waals surface area (Å²) in [5, 5.41) is 10.4. The summed E-state index contributed by atoms with van der Waals surface area (Å²) in [6.45, 7) is 2.53. The number of carbonyl (C=O) groups is 1. The predicted molar refractivity (Wildman–Crippen MR) is 60.9 cm³/mol. The molecule has 1 aromatic rings. The Labute approximate surface area is 93.9 Å². The maximum atomic E-state index is 11.9. The van der Waals surface area contributed by atoms with Gasteiger partial charge in [0.05, 0.1) is 17.4 Å². The smallest absolute Gasteiger partial charge is 0.263 e. The fourth-order valence-corrected chi connectivity index (χ4v) is 2.28. The largest absolute Gasteiger partial charge is 0.340 e. The van der Waals surface area contributed by atoms with Crippen molar-refractivity contribution in [3.63, 3.8) is 0 Å². The highest BCUT2D eigenvalue weighted by Crippen LogP contribution is 2.19. The van der Waals surface area contributed by atoms with Gasteiger partial charge in [0.2, 0.25) is 0 Å². The van der Waals surface area contributed by atoms with Crippen LogP contribution in [0.1, 0.15) is 28.6 Å². The molecule has 1 aromatic heterocycles. The Morgan fingerprint density at radius 2 is 2.40 bits per heavy atom. The van der Waals surface area contributed by atoms with E-state index in [9.17, 15) is 4.79 Å². The van der Waals surface area contributed by atoms with E-state index in [2.05, 4.69) is 0 Å². The molecular formula is C11H14N2OS. The van der Waals surface area contributed by atoms with E-state index in [-0.39, 0.29) is 5.91 Å². The highest BCUT2D eigenvalue weighted by Gasteiger charge is 2.15. The molecule has 1 amide bonds. The van der Waals surface area contributed by atoms with E-state index < -0.39 is 0 Å². The molecule has 3 nitrogen and oxygen atoms in total. The van der Waals surface area contributed by atoms with Gasteiger partial charge < -0.3 is 4.90 Å². The van der Waals surface area contributed by atoms with Gasteiger partial charge in [0.1, 0.15) is 0 Å². The monoisotopic (exact) mass is 222 g/mol. The van der Waals surface area contributed by atoms with Crippen LogP contribution in [0.25, 0.3) is 0 Å². The number of aryl methyl sites for hydroxylation is 1. The summed E-state index contributed by atoms with van der Waals surface area (Å²) in [7, 11) is 1.73. The van der Waals surface area contributed by atoms with Gasteiger partial charge in [-0.15, -0.1) is 11.3 Å². The molecule has 0 bridgehead atoms. The Morgan fingerprint density at radius 3 is 3.00 bits per heavy atom.